The first kappa shape index (κ1) is 25.2. The Labute approximate surface area is 217 Å². The molecule has 0 aliphatic carbocycles. The zero-order valence-corrected chi connectivity index (χ0v) is 21.2. The fraction of sp³-hybridized carbons (Fsp3) is 0.259. The minimum atomic E-state index is -1.05. The van der Waals surface area contributed by atoms with E-state index in [2.05, 4.69) is 10.3 Å². The molecule has 38 heavy (non-hydrogen) atoms. The number of amides is 2. The molecule has 0 saturated carbocycles. The van der Waals surface area contributed by atoms with Gasteiger partial charge in [-0.1, -0.05) is 0 Å². The summed E-state index contributed by atoms with van der Waals surface area (Å²) in [5.41, 5.74) is 2.41. The molecule has 2 amide bonds. The molecule has 1 aliphatic rings. The van der Waals surface area contributed by atoms with Crippen LogP contribution in [0.4, 0.5) is 0 Å². The number of aromatic amines is 1. The fourth-order valence-corrected chi connectivity index (χ4v) is 5.03. The van der Waals surface area contributed by atoms with E-state index < -0.39 is 24.5 Å². The van der Waals surface area contributed by atoms with E-state index in [9.17, 15) is 19.8 Å². The third kappa shape index (κ3) is 3.75. The molecular weight excluding hydrogens is 494 g/mol. The van der Waals surface area contributed by atoms with Gasteiger partial charge in [-0.25, -0.2) is 0 Å². The van der Waals surface area contributed by atoms with Crippen molar-refractivity contribution in [2.45, 2.75) is 12.6 Å². The van der Waals surface area contributed by atoms with Crippen LogP contribution in [-0.4, -0.2) is 72.7 Å². The van der Waals surface area contributed by atoms with Crippen LogP contribution < -0.4 is 24.3 Å². The summed E-state index contributed by atoms with van der Waals surface area (Å²) in [5.74, 6) is 0.491. The molecule has 3 heterocycles. The second-order valence-electron chi connectivity index (χ2n) is 8.69. The summed E-state index contributed by atoms with van der Waals surface area (Å²) in [7, 11) is 5.99. The van der Waals surface area contributed by atoms with E-state index in [0.717, 1.165) is 0 Å². The summed E-state index contributed by atoms with van der Waals surface area (Å²) in [5, 5.41) is 23.2. The molecule has 0 fully saturated rings. The smallest absolute Gasteiger partial charge is 0.259 e. The Morgan fingerprint density at radius 3 is 2.05 bits per heavy atom. The Morgan fingerprint density at radius 2 is 1.45 bits per heavy atom. The number of rotatable bonds is 9. The molecule has 5 rings (SSSR count). The van der Waals surface area contributed by atoms with Gasteiger partial charge in [0.05, 0.1) is 80.6 Å². The van der Waals surface area contributed by atoms with E-state index in [4.69, 9.17) is 18.9 Å². The predicted octanol–water partition coefficient (Wildman–Crippen LogP) is 2.08. The first-order valence-corrected chi connectivity index (χ1v) is 11.7. The van der Waals surface area contributed by atoms with E-state index in [1.807, 2.05) is 0 Å². The number of nitrogens with one attached hydrogen (secondary N) is 2. The Bertz CT molecular complexity index is 1610. The minimum absolute atomic E-state index is 0.0404. The van der Waals surface area contributed by atoms with Crippen LogP contribution in [0.3, 0.4) is 0 Å². The summed E-state index contributed by atoms with van der Waals surface area (Å²) >= 11 is 0. The maximum absolute atomic E-state index is 13.4. The monoisotopic (exact) mass is 521 g/mol. The maximum Gasteiger partial charge on any atom is 0.259 e. The summed E-state index contributed by atoms with van der Waals surface area (Å²) in [6, 6.07) is 7.01. The molecule has 2 aromatic carbocycles. The van der Waals surface area contributed by atoms with Gasteiger partial charge in [-0.3, -0.25) is 14.9 Å². The van der Waals surface area contributed by atoms with Crippen LogP contribution in [0.15, 0.2) is 36.7 Å². The molecule has 1 atom stereocenters. The van der Waals surface area contributed by atoms with Crippen molar-refractivity contribution in [3.05, 3.63) is 47.8 Å². The van der Waals surface area contributed by atoms with Crippen LogP contribution in [0.25, 0.3) is 33.0 Å². The lowest BCUT2D eigenvalue weighted by Crippen LogP contribution is -2.22. The number of nitrogens with zero attached hydrogens (tertiary/aromatic N) is 1. The van der Waals surface area contributed by atoms with Gasteiger partial charge >= 0.3 is 0 Å². The normalized spacial score (nSPS) is 14.4. The number of aliphatic hydroxyl groups excluding tert-OH is 2. The van der Waals surface area contributed by atoms with Crippen LogP contribution in [-0.2, 0) is 16.1 Å². The molecule has 0 radical (unpaired) electrons. The van der Waals surface area contributed by atoms with Crippen molar-refractivity contribution in [2.75, 3.05) is 35.0 Å². The van der Waals surface area contributed by atoms with Crippen LogP contribution in [0.1, 0.15) is 11.1 Å². The van der Waals surface area contributed by atoms with E-state index in [-0.39, 0.29) is 17.7 Å². The molecule has 11 heteroatoms. The Kier molecular flexibility index (Phi) is 6.47. The lowest BCUT2D eigenvalue weighted by molar-refractivity contribution is -0.122. The number of carbonyl (C=O) groups is 2. The number of imide groups is 1. The van der Waals surface area contributed by atoms with Gasteiger partial charge < -0.3 is 38.7 Å². The van der Waals surface area contributed by atoms with Gasteiger partial charge in [0, 0.05) is 23.5 Å². The zero-order chi connectivity index (χ0) is 27.1. The summed E-state index contributed by atoms with van der Waals surface area (Å²) in [4.78, 5) is 29.8. The number of ether oxygens (including phenoxy) is 4. The van der Waals surface area contributed by atoms with Crippen molar-refractivity contribution >= 4 is 44.8 Å². The highest BCUT2D eigenvalue weighted by Gasteiger charge is 2.37. The second kappa shape index (κ2) is 9.77. The van der Waals surface area contributed by atoms with Gasteiger partial charge in [-0.15, -0.1) is 0 Å². The number of hydrogen-bond donors (Lipinski definition) is 4. The number of H-pyrrole nitrogens is 1. The van der Waals surface area contributed by atoms with E-state index in [1.165, 1.54) is 28.4 Å². The highest BCUT2D eigenvalue weighted by atomic mass is 16.5. The maximum atomic E-state index is 13.4. The highest BCUT2D eigenvalue weighted by Crippen LogP contribution is 2.46. The van der Waals surface area contributed by atoms with Gasteiger partial charge in [0.2, 0.25) is 0 Å². The third-order valence-electron chi connectivity index (χ3n) is 6.66. The Balaban J connectivity index is 1.88. The van der Waals surface area contributed by atoms with Gasteiger partial charge in [0.1, 0.15) is 0 Å². The Morgan fingerprint density at radius 1 is 0.842 bits per heavy atom. The molecule has 2 aromatic heterocycles. The molecule has 0 saturated heterocycles. The minimum Gasteiger partial charge on any atom is -0.493 e. The van der Waals surface area contributed by atoms with Gasteiger partial charge in [0.25, 0.3) is 11.8 Å². The average molecular weight is 522 g/mol. The highest BCUT2D eigenvalue weighted by molar-refractivity contribution is 6.51. The Hall–Kier alpha value is -4.48. The summed E-state index contributed by atoms with van der Waals surface area (Å²) in [6.45, 7) is -0.412. The van der Waals surface area contributed by atoms with Crippen molar-refractivity contribution in [1.29, 1.82) is 0 Å². The van der Waals surface area contributed by atoms with Crippen LogP contribution in [0.2, 0.25) is 0 Å². The lowest BCUT2D eigenvalue weighted by atomic mass is 9.95. The first-order valence-electron chi connectivity index (χ1n) is 11.7. The van der Waals surface area contributed by atoms with Gasteiger partial charge in [-0.05, 0) is 24.3 Å². The standard InChI is InChI=1S/C27H27N3O8/c1-35-18-7-5-16-20(24(18)37-3)14(9-28-16)22-23(27(34)29-26(22)33)15-11-30(10-13(32)12-31)17-6-8-19(36-2)25(38-4)21(15)17/h5-9,11,13,28,31-32H,10,12H2,1-4H3,(H,29,33,34). The summed E-state index contributed by atoms with van der Waals surface area (Å²) in [6.07, 6.45) is 2.25. The largest absolute Gasteiger partial charge is 0.493 e. The topological polar surface area (TPSA) is 144 Å². The third-order valence-corrected chi connectivity index (χ3v) is 6.66. The molecule has 4 aromatic rings. The molecule has 1 aliphatic heterocycles. The van der Waals surface area contributed by atoms with E-state index in [0.29, 0.717) is 55.9 Å². The molecule has 198 valence electrons. The number of carbonyl (C=O) groups excluding carboxylic acids is 2. The van der Waals surface area contributed by atoms with Gasteiger partial charge in [-0.2, -0.15) is 0 Å². The van der Waals surface area contributed by atoms with Crippen LogP contribution in [0.5, 0.6) is 23.0 Å². The average Bonchev–Trinajstić information content (AvgIpc) is 3.59. The van der Waals surface area contributed by atoms with Crippen molar-refractivity contribution in [3.63, 3.8) is 0 Å². The fourth-order valence-electron chi connectivity index (χ4n) is 5.03. The second-order valence-corrected chi connectivity index (χ2v) is 8.69. The van der Waals surface area contributed by atoms with E-state index >= 15 is 0 Å². The van der Waals surface area contributed by atoms with Crippen molar-refractivity contribution in [3.8, 4) is 23.0 Å². The van der Waals surface area contributed by atoms with Crippen molar-refractivity contribution in [2.24, 2.45) is 0 Å². The van der Waals surface area contributed by atoms with E-state index in [1.54, 1.807) is 41.2 Å². The molecular formula is C27H27N3O8. The predicted molar refractivity (Wildman–Crippen MR) is 140 cm³/mol. The number of benzene rings is 2. The number of hydrogen-bond acceptors (Lipinski definition) is 8. The summed E-state index contributed by atoms with van der Waals surface area (Å²) < 4.78 is 24.0. The van der Waals surface area contributed by atoms with Crippen molar-refractivity contribution < 1.29 is 38.7 Å². The first-order chi connectivity index (χ1) is 18.4. The molecule has 0 bridgehead atoms. The van der Waals surface area contributed by atoms with Crippen LogP contribution in [0, 0.1) is 0 Å². The number of methoxy groups -OCH3 is 4. The SMILES string of the molecule is COc1ccc2[nH]cc(C3=C(c4cn(CC(O)CO)c5ccc(OC)c(OC)c45)C(=O)NC3=O)c2c1OC. The molecule has 1 unspecified atom stereocenters. The zero-order valence-electron chi connectivity index (χ0n) is 21.2. The number of fused-ring (bicyclic) bond motifs is 2. The molecule has 11 nitrogen and oxygen atoms in total. The van der Waals surface area contributed by atoms with Crippen LogP contribution >= 0.6 is 0 Å². The lowest BCUT2D eigenvalue weighted by Gasteiger charge is -2.12. The number of aromatic nitrogens is 2. The number of aliphatic hydroxyl groups is 2. The molecule has 0 spiro atoms. The molecule has 4 N–H and O–H groups in total. The quantitative estimate of drug-likeness (QED) is 0.245. The van der Waals surface area contributed by atoms with Gasteiger partial charge in [0.15, 0.2) is 23.0 Å². The van der Waals surface area contributed by atoms with Crippen molar-refractivity contribution in [1.82, 2.24) is 14.9 Å².